The van der Waals surface area contributed by atoms with Crippen LogP contribution < -0.4 is 0 Å². The summed E-state index contributed by atoms with van der Waals surface area (Å²) in [7, 11) is 0. The Labute approximate surface area is 153 Å². The molecule has 0 atom stereocenters. The van der Waals surface area contributed by atoms with Gasteiger partial charge in [-0.15, -0.1) is 0 Å². The summed E-state index contributed by atoms with van der Waals surface area (Å²) in [5.74, 6) is -0.0227. The van der Waals surface area contributed by atoms with E-state index in [4.69, 9.17) is 0 Å². The fourth-order valence-electron chi connectivity index (χ4n) is 2.95. The number of aromatic nitrogens is 2. The van der Waals surface area contributed by atoms with Crippen LogP contribution >= 0.6 is 0 Å². The number of hydrogen-bond acceptors (Lipinski definition) is 3. The summed E-state index contributed by atoms with van der Waals surface area (Å²) in [5.41, 5.74) is 3.67. The van der Waals surface area contributed by atoms with Gasteiger partial charge in [-0.25, -0.2) is 4.98 Å². The first-order valence-corrected chi connectivity index (χ1v) is 8.72. The fourth-order valence-corrected chi connectivity index (χ4v) is 2.95. The quantitative estimate of drug-likeness (QED) is 0.713. The Bertz CT molecular complexity index is 900. The van der Waals surface area contributed by atoms with Crippen molar-refractivity contribution >= 4 is 17.6 Å². The molecule has 0 fully saturated rings. The Morgan fingerprint density at radius 1 is 1.19 bits per heavy atom. The normalized spacial score (nSPS) is 11.3. The van der Waals surface area contributed by atoms with Crippen molar-refractivity contribution in [3.05, 3.63) is 77.8 Å². The van der Waals surface area contributed by atoms with Gasteiger partial charge in [-0.3, -0.25) is 4.79 Å². The van der Waals surface area contributed by atoms with Gasteiger partial charge in [-0.05, 0) is 24.6 Å². The van der Waals surface area contributed by atoms with E-state index in [1.165, 1.54) is 0 Å². The molecule has 0 saturated carbocycles. The van der Waals surface area contributed by atoms with Crippen molar-refractivity contribution in [3.8, 4) is 0 Å². The van der Waals surface area contributed by atoms with Crippen molar-refractivity contribution in [2.24, 2.45) is 0 Å². The number of benzene rings is 1. The van der Waals surface area contributed by atoms with Crippen molar-refractivity contribution in [3.63, 3.8) is 0 Å². The Morgan fingerprint density at radius 3 is 2.73 bits per heavy atom. The predicted molar refractivity (Wildman–Crippen MR) is 103 cm³/mol. The molecule has 0 aliphatic carbocycles. The highest BCUT2D eigenvalue weighted by atomic mass is 16.3. The number of imidazole rings is 1. The van der Waals surface area contributed by atoms with E-state index in [1.807, 2.05) is 78.2 Å². The van der Waals surface area contributed by atoms with Gasteiger partial charge < -0.3 is 14.4 Å². The van der Waals surface area contributed by atoms with E-state index < -0.39 is 0 Å². The lowest BCUT2D eigenvalue weighted by Gasteiger charge is -2.20. The van der Waals surface area contributed by atoms with Crippen LogP contribution in [0.25, 0.3) is 11.7 Å². The number of nitrogens with zero attached hydrogens (tertiary/aromatic N) is 3. The second-order valence-electron chi connectivity index (χ2n) is 6.13. The van der Waals surface area contributed by atoms with Gasteiger partial charge >= 0.3 is 0 Å². The third kappa shape index (κ3) is 4.18. The van der Waals surface area contributed by atoms with Crippen LogP contribution in [-0.2, 0) is 11.2 Å². The zero-order valence-electron chi connectivity index (χ0n) is 14.9. The molecule has 0 aliphatic rings. The summed E-state index contributed by atoms with van der Waals surface area (Å²) in [6, 6.07) is 15.7. The van der Waals surface area contributed by atoms with E-state index in [9.17, 15) is 9.90 Å². The summed E-state index contributed by atoms with van der Waals surface area (Å²) >= 11 is 0. The molecule has 3 rings (SSSR count). The van der Waals surface area contributed by atoms with Crippen LogP contribution in [0.3, 0.4) is 0 Å². The van der Waals surface area contributed by atoms with Crippen LogP contribution in [0.4, 0.5) is 0 Å². The SMILES string of the molecule is Cc1nc2ccccn2c1CC(=O)N(C/C=C/c1ccccc1)CCO. The molecule has 5 heteroatoms. The number of rotatable bonds is 7. The van der Waals surface area contributed by atoms with E-state index in [0.717, 1.165) is 22.6 Å². The van der Waals surface area contributed by atoms with Gasteiger partial charge in [0.25, 0.3) is 0 Å². The lowest BCUT2D eigenvalue weighted by atomic mass is 10.2. The minimum atomic E-state index is -0.0585. The van der Waals surface area contributed by atoms with Gasteiger partial charge in [-0.2, -0.15) is 0 Å². The maximum Gasteiger partial charge on any atom is 0.228 e. The lowest BCUT2D eigenvalue weighted by molar-refractivity contribution is -0.130. The zero-order chi connectivity index (χ0) is 18.4. The number of carbonyl (C=O) groups excluding carboxylic acids is 1. The van der Waals surface area contributed by atoms with Gasteiger partial charge in [-0.1, -0.05) is 48.6 Å². The Morgan fingerprint density at radius 2 is 1.96 bits per heavy atom. The number of aliphatic hydroxyl groups is 1. The van der Waals surface area contributed by atoms with Gasteiger partial charge in [0.2, 0.25) is 5.91 Å². The first kappa shape index (κ1) is 17.9. The van der Waals surface area contributed by atoms with Crippen LogP contribution in [-0.4, -0.2) is 45.0 Å². The van der Waals surface area contributed by atoms with Crippen molar-refractivity contribution in [1.82, 2.24) is 14.3 Å². The number of fused-ring (bicyclic) bond motifs is 1. The highest BCUT2D eigenvalue weighted by molar-refractivity contribution is 5.79. The zero-order valence-corrected chi connectivity index (χ0v) is 14.9. The van der Waals surface area contributed by atoms with Crippen molar-refractivity contribution < 1.29 is 9.90 Å². The standard InChI is InChI=1S/C21H23N3O2/c1-17-19(24-13-6-5-11-20(24)22-17)16-21(26)23(14-15-25)12-7-10-18-8-3-2-4-9-18/h2-11,13,25H,12,14-16H2,1H3/b10-7+. The van der Waals surface area contributed by atoms with E-state index in [-0.39, 0.29) is 18.9 Å². The number of aryl methyl sites for hydroxylation is 1. The number of aliphatic hydroxyl groups excluding tert-OH is 1. The summed E-state index contributed by atoms with van der Waals surface area (Å²) < 4.78 is 1.95. The molecular weight excluding hydrogens is 326 g/mol. The maximum atomic E-state index is 12.8. The molecule has 5 nitrogen and oxygen atoms in total. The van der Waals surface area contributed by atoms with Gasteiger partial charge in [0.05, 0.1) is 24.4 Å². The highest BCUT2D eigenvalue weighted by Crippen LogP contribution is 2.13. The molecule has 0 aliphatic heterocycles. The molecule has 3 aromatic rings. The minimum absolute atomic E-state index is 0.0227. The van der Waals surface area contributed by atoms with E-state index >= 15 is 0 Å². The van der Waals surface area contributed by atoms with E-state index in [1.54, 1.807) is 4.90 Å². The smallest absolute Gasteiger partial charge is 0.228 e. The average molecular weight is 349 g/mol. The van der Waals surface area contributed by atoms with Crippen molar-refractivity contribution in [2.45, 2.75) is 13.3 Å². The number of hydrogen-bond donors (Lipinski definition) is 1. The molecule has 1 N–H and O–H groups in total. The molecule has 0 radical (unpaired) electrons. The Hall–Kier alpha value is -2.92. The van der Waals surface area contributed by atoms with E-state index in [2.05, 4.69) is 4.98 Å². The second-order valence-corrected chi connectivity index (χ2v) is 6.13. The average Bonchev–Trinajstić information content (AvgIpc) is 2.97. The Balaban J connectivity index is 1.72. The van der Waals surface area contributed by atoms with Crippen LogP contribution in [0, 0.1) is 6.92 Å². The van der Waals surface area contributed by atoms with Crippen molar-refractivity contribution in [1.29, 1.82) is 0 Å². The number of carbonyl (C=O) groups is 1. The summed E-state index contributed by atoms with van der Waals surface area (Å²) in [5, 5.41) is 9.32. The third-order valence-electron chi connectivity index (χ3n) is 4.31. The molecule has 0 spiro atoms. The molecule has 0 bridgehead atoms. The molecule has 0 unspecified atom stereocenters. The molecule has 1 amide bonds. The van der Waals surface area contributed by atoms with Crippen LogP contribution in [0.2, 0.25) is 0 Å². The largest absolute Gasteiger partial charge is 0.395 e. The fraction of sp³-hybridized carbons (Fsp3) is 0.238. The molecule has 26 heavy (non-hydrogen) atoms. The molecule has 2 aromatic heterocycles. The third-order valence-corrected chi connectivity index (χ3v) is 4.31. The first-order valence-electron chi connectivity index (χ1n) is 8.72. The lowest BCUT2D eigenvalue weighted by Crippen LogP contribution is -2.35. The molecule has 0 saturated heterocycles. The summed E-state index contributed by atoms with van der Waals surface area (Å²) in [6.45, 7) is 2.64. The van der Waals surface area contributed by atoms with Crippen LogP contribution in [0.15, 0.2) is 60.8 Å². The summed E-state index contributed by atoms with van der Waals surface area (Å²) in [4.78, 5) is 18.9. The van der Waals surface area contributed by atoms with Gasteiger partial charge in [0, 0.05) is 19.3 Å². The van der Waals surface area contributed by atoms with Gasteiger partial charge in [0.1, 0.15) is 5.65 Å². The maximum absolute atomic E-state index is 12.8. The number of pyridine rings is 1. The topological polar surface area (TPSA) is 57.8 Å². The molecule has 2 heterocycles. The monoisotopic (exact) mass is 349 g/mol. The minimum Gasteiger partial charge on any atom is -0.395 e. The molecule has 1 aromatic carbocycles. The number of amides is 1. The Kier molecular flexibility index (Phi) is 5.81. The highest BCUT2D eigenvalue weighted by Gasteiger charge is 2.17. The van der Waals surface area contributed by atoms with Gasteiger partial charge in [0.15, 0.2) is 0 Å². The summed E-state index contributed by atoms with van der Waals surface area (Å²) in [6.07, 6.45) is 6.11. The van der Waals surface area contributed by atoms with E-state index in [0.29, 0.717) is 13.1 Å². The first-order chi connectivity index (χ1) is 12.7. The predicted octanol–water partition coefficient (Wildman–Crippen LogP) is 2.72. The van der Waals surface area contributed by atoms with Crippen LogP contribution in [0.1, 0.15) is 17.0 Å². The molecular formula is C21H23N3O2. The van der Waals surface area contributed by atoms with Crippen LogP contribution in [0.5, 0.6) is 0 Å². The van der Waals surface area contributed by atoms with Crippen molar-refractivity contribution in [2.75, 3.05) is 19.7 Å². The second kappa shape index (κ2) is 8.45. The molecule has 134 valence electrons.